The van der Waals surface area contributed by atoms with Crippen LogP contribution in [0.3, 0.4) is 0 Å². The van der Waals surface area contributed by atoms with Gasteiger partial charge in [-0.05, 0) is 35.9 Å². The Morgan fingerprint density at radius 2 is 1.85 bits per heavy atom. The molecule has 0 spiro atoms. The highest BCUT2D eigenvalue weighted by atomic mass is 79.9. The van der Waals surface area contributed by atoms with Crippen molar-refractivity contribution >= 4 is 15.9 Å². The van der Waals surface area contributed by atoms with Gasteiger partial charge < -0.3 is 9.47 Å². The number of hydrogen-bond acceptors (Lipinski definition) is 2. The maximum absolute atomic E-state index is 13.5. The van der Waals surface area contributed by atoms with Crippen molar-refractivity contribution in [3.8, 4) is 11.5 Å². The summed E-state index contributed by atoms with van der Waals surface area (Å²) in [7, 11) is 1.53. The molecule has 2 aromatic carbocycles. The summed E-state index contributed by atoms with van der Waals surface area (Å²) in [5.74, 6) is 0.0489. The fourth-order valence-corrected chi connectivity index (χ4v) is 2.08. The van der Waals surface area contributed by atoms with Gasteiger partial charge in [-0.2, -0.15) is 0 Å². The van der Waals surface area contributed by atoms with E-state index in [2.05, 4.69) is 15.9 Å². The Morgan fingerprint density at radius 3 is 2.55 bits per heavy atom. The third kappa shape index (κ3) is 3.48. The van der Waals surface area contributed by atoms with Gasteiger partial charge in [0, 0.05) is 10.9 Å². The van der Waals surface area contributed by atoms with Crippen LogP contribution < -0.4 is 9.47 Å². The zero-order valence-electron chi connectivity index (χ0n) is 10.8. The third-order valence-electron chi connectivity index (χ3n) is 2.77. The lowest BCUT2D eigenvalue weighted by atomic mass is 10.2. The van der Waals surface area contributed by atoms with E-state index >= 15 is 0 Å². The van der Waals surface area contributed by atoms with E-state index in [9.17, 15) is 8.78 Å². The van der Waals surface area contributed by atoms with E-state index < -0.39 is 11.6 Å². The number of alkyl halides is 1. The molecule has 0 saturated carbocycles. The number of benzene rings is 2. The molecule has 0 radical (unpaired) electrons. The van der Waals surface area contributed by atoms with Crippen molar-refractivity contribution in [2.45, 2.75) is 11.9 Å². The lowest BCUT2D eigenvalue weighted by Crippen LogP contribution is -2.01. The second-order valence-electron chi connectivity index (χ2n) is 4.14. The number of ether oxygens (including phenoxy) is 2. The molecule has 2 rings (SSSR count). The van der Waals surface area contributed by atoms with Gasteiger partial charge in [-0.3, -0.25) is 0 Å². The summed E-state index contributed by atoms with van der Waals surface area (Å²) in [6.45, 7) is -0.0638. The van der Waals surface area contributed by atoms with E-state index in [4.69, 9.17) is 9.47 Å². The van der Waals surface area contributed by atoms with Gasteiger partial charge in [0.15, 0.2) is 11.5 Å². The highest BCUT2D eigenvalue weighted by Gasteiger charge is 2.09. The maximum atomic E-state index is 13.5. The first-order valence-corrected chi connectivity index (χ1v) is 7.06. The van der Waals surface area contributed by atoms with Gasteiger partial charge in [0.25, 0.3) is 0 Å². The average molecular weight is 343 g/mol. The van der Waals surface area contributed by atoms with Crippen LogP contribution in [0, 0.1) is 11.6 Å². The molecule has 0 fully saturated rings. The summed E-state index contributed by atoms with van der Waals surface area (Å²) >= 11 is 3.35. The fourth-order valence-electron chi connectivity index (χ4n) is 1.73. The SMILES string of the molecule is COc1ccc(CBr)cc1OCc1cc(F)ccc1F. The van der Waals surface area contributed by atoms with Crippen LogP contribution in [0.2, 0.25) is 0 Å². The zero-order chi connectivity index (χ0) is 14.5. The summed E-state index contributed by atoms with van der Waals surface area (Å²) < 4.78 is 37.3. The molecule has 5 heteroatoms. The van der Waals surface area contributed by atoms with E-state index in [1.54, 1.807) is 12.1 Å². The van der Waals surface area contributed by atoms with E-state index in [0.29, 0.717) is 16.8 Å². The molecule has 0 amide bonds. The van der Waals surface area contributed by atoms with Gasteiger partial charge in [0.2, 0.25) is 0 Å². The third-order valence-corrected chi connectivity index (χ3v) is 3.42. The molecule has 0 saturated heterocycles. The lowest BCUT2D eigenvalue weighted by Gasteiger charge is -2.12. The molecule has 106 valence electrons. The van der Waals surface area contributed by atoms with Crippen molar-refractivity contribution in [2.24, 2.45) is 0 Å². The van der Waals surface area contributed by atoms with Gasteiger partial charge in [0.05, 0.1) is 7.11 Å². The highest BCUT2D eigenvalue weighted by molar-refractivity contribution is 9.08. The van der Waals surface area contributed by atoms with Crippen molar-refractivity contribution in [3.05, 3.63) is 59.2 Å². The predicted octanol–water partition coefficient (Wildman–Crippen LogP) is 4.45. The molecule has 0 N–H and O–H groups in total. The molecule has 0 bridgehead atoms. The molecule has 2 aromatic rings. The monoisotopic (exact) mass is 342 g/mol. The quantitative estimate of drug-likeness (QED) is 0.747. The minimum atomic E-state index is -0.498. The number of methoxy groups -OCH3 is 1. The number of halogens is 3. The van der Waals surface area contributed by atoms with E-state index in [-0.39, 0.29) is 12.2 Å². The van der Waals surface area contributed by atoms with Crippen molar-refractivity contribution < 1.29 is 18.3 Å². The molecule has 0 aliphatic rings. The predicted molar refractivity (Wildman–Crippen MR) is 76.3 cm³/mol. The van der Waals surface area contributed by atoms with Gasteiger partial charge in [-0.15, -0.1) is 0 Å². The van der Waals surface area contributed by atoms with Crippen molar-refractivity contribution in [1.82, 2.24) is 0 Å². The second kappa shape index (κ2) is 6.70. The second-order valence-corrected chi connectivity index (χ2v) is 4.70. The summed E-state index contributed by atoms with van der Waals surface area (Å²) in [4.78, 5) is 0. The average Bonchev–Trinajstić information content (AvgIpc) is 2.47. The van der Waals surface area contributed by atoms with Crippen LogP contribution in [0.4, 0.5) is 8.78 Å². The van der Waals surface area contributed by atoms with Crippen molar-refractivity contribution in [2.75, 3.05) is 7.11 Å². The van der Waals surface area contributed by atoms with Gasteiger partial charge >= 0.3 is 0 Å². The maximum Gasteiger partial charge on any atom is 0.161 e. The Morgan fingerprint density at radius 1 is 1.05 bits per heavy atom. The van der Waals surface area contributed by atoms with E-state index in [1.165, 1.54) is 7.11 Å². The zero-order valence-corrected chi connectivity index (χ0v) is 12.4. The molecule has 2 nitrogen and oxygen atoms in total. The fraction of sp³-hybridized carbons (Fsp3) is 0.200. The van der Waals surface area contributed by atoms with Crippen LogP contribution in [0.1, 0.15) is 11.1 Å². The normalized spacial score (nSPS) is 10.4. The summed E-state index contributed by atoms with van der Waals surface area (Å²) in [5, 5.41) is 0.668. The molecule has 0 unspecified atom stereocenters. The van der Waals surface area contributed by atoms with Gasteiger partial charge in [-0.25, -0.2) is 8.78 Å². The molecule has 0 atom stereocenters. The summed E-state index contributed by atoms with van der Waals surface area (Å²) in [5.41, 5.74) is 1.16. The Hall–Kier alpha value is -1.62. The minimum absolute atomic E-state index is 0.0638. The first-order chi connectivity index (χ1) is 9.63. The lowest BCUT2D eigenvalue weighted by molar-refractivity contribution is 0.279. The first kappa shape index (κ1) is 14.8. The van der Waals surface area contributed by atoms with Crippen LogP contribution in [0.5, 0.6) is 11.5 Å². The molecule has 0 aliphatic carbocycles. The summed E-state index contributed by atoms with van der Waals surface area (Å²) in [6.07, 6.45) is 0. The molecular weight excluding hydrogens is 330 g/mol. The van der Waals surface area contributed by atoms with Gasteiger partial charge in [0.1, 0.15) is 18.2 Å². The first-order valence-electron chi connectivity index (χ1n) is 5.93. The number of rotatable bonds is 5. The molecule has 0 aliphatic heterocycles. The van der Waals surface area contributed by atoms with Crippen molar-refractivity contribution in [3.63, 3.8) is 0 Å². The molecule has 20 heavy (non-hydrogen) atoms. The van der Waals surface area contributed by atoms with E-state index in [1.807, 2.05) is 6.07 Å². The Labute approximate surface area is 124 Å². The van der Waals surface area contributed by atoms with Gasteiger partial charge in [-0.1, -0.05) is 22.0 Å². The van der Waals surface area contributed by atoms with Crippen LogP contribution in [-0.4, -0.2) is 7.11 Å². The van der Waals surface area contributed by atoms with E-state index in [0.717, 1.165) is 23.8 Å². The Kier molecular flexibility index (Phi) is 4.95. The number of hydrogen-bond donors (Lipinski definition) is 0. The van der Waals surface area contributed by atoms with Crippen LogP contribution in [0.25, 0.3) is 0 Å². The largest absolute Gasteiger partial charge is 0.493 e. The Balaban J connectivity index is 2.19. The van der Waals surface area contributed by atoms with Crippen LogP contribution in [0.15, 0.2) is 36.4 Å². The highest BCUT2D eigenvalue weighted by Crippen LogP contribution is 2.29. The molecule has 0 aromatic heterocycles. The Bertz CT molecular complexity index is 602. The van der Waals surface area contributed by atoms with Crippen molar-refractivity contribution in [1.29, 1.82) is 0 Å². The standard InChI is InChI=1S/C15H13BrF2O2/c1-19-14-5-2-10(8-16)6-15(14)20-9-11-7-12(17)3-4-13(11)18/h2-7H,8-9H2,1H3. The minimum Gasteiger partial charge on any atom is -0.493 e. The van der Waals surface area contributed by atoms with Crippen LogP contribution in [-0.2, 0) is 11.9 Å². The molecular formula is C15H13BrF2O2. The summed E-state index contributed by atoms with van der Waals surface area (Å²) in [6, 6.07) is 8.74. The smallest absolute Gasteiger partial charge is 0.161 e. The topological polar surface area (TPSA) is 18.5 Å². The van der Waals surface area contributed by atoms with Crippen LogP contribution >= 0.6 is 15.9 Å². The molecule has 0 heterocycles.